The zero-order valence-electron chi connectivity index (χ0n) is 14.2. The van der Waals surface area contributed by atoms with Gasteiger partial charge in [0.15, 0.2) is 0 Å². The Morgan fingerprint density at radius 1 is 1.27 bits per heavy atom. The quantitative estimate of drug-likeness (QED) is 0.572. The molecule has 2 aromatic heterocycles. The summed E-state index contributed by atoms with van der Waals surface area (Å²) < 4.78 is 1.15. The lowest BCUT2D eigenvalue weighted by Crippen LogP contribution is -2.37. The van der Waals surface area contributed by atoms with Crippen LogP contribution in [0.15, 0.2) is 46.1 Å². The molecule has 0 unspecified atom stereocenters. The average Bonchev–Trinajstić information content (AvgIpc) is 3.05. The third-order valence-electron chi connectivity index (χ3n) is 3.89. The molecule has 0 bridgehead atoms. The molecule has 0 saturated carbocycles. The summed E-state index contributed by atoms with van der Waals surface area (Å²) in [6, 6.07) is 8.58. The number of hydrogen-bond donors (Lipinski definition) is 3. The average molecular weight is 373 g/mol. The maximum Gasteiger partial charge on any atom is 0.328 e. The van der Waals surface area contributed by atoms with Crippen LogP contribution in [0.2, 0.25) is 0 Å². The predicted octanol–water partition coefficient (Wildman–Crippen LogP) is 1.02. The van der Waals surface area contributed by atoms with E-state index in [2.05, 4.69) is 20.3 Å². The van der Waals surface area contributed by atoms with Gasteiger partial charge in [-0.25, -0.2) is 9.78 Å². The first kappa shape index (κ1) is 18.0. The van der Waals surface area contributed by atoms with Gasteiger partial charge in [-0.2, -0.15) is 11.8 Å². The molecule has 8 nitrogen and oxygen atoms in total. The van der Waals surface area contributed by atoms with Crippen LogP contribution in [0, 0.1) is 0 Å². The van der Waals surface area contributed by atoms with Crippen molar-refractivity contribution in [3.8, 4) is 0 Å². The van der Waals surface area contributed by atoms with Gasteiger partial charge in [-0.15, -0.1) is 0 Å². The minimum atomic E-state index is -0.614. The molecule has 136 valence electrons. The van der Waals surface area contributed by atoms with E-state index in [1.807, 2.05) is 30.5 Å². The normalized spacial score (nSPS) is 12.2. The highest BCUT2D eigenvalue weighted by molar-refractivity contribution is 7.98. The number of rotatable bonds is 7. The van der Waals surface area contributed by atoms with Gasteiger partial charge in [0, 0.05) is 12.3 Å². The number of para-hydroxylation sites is 2. The number of aromatic nitrogens is 4. The Kier molecular flexibility index (Phi) is 5.57. The standard InChI is InChI=1S/C17H19N5O3S/c1-26-9-7-13(16-19-11-4-2-3-5-12(11)20-16)18-15(24)10-22-8-6-14(23)21-17(22)25/h2-6,8,13H,7,9-10H2,1H3,(H,18,24)(H,19,20)(H,21,23,25)/t13-/m1/s1. The number of amides is 1. The number of H-pyrrole nitrogens is 2. The summed E-state index contributed by atoms with van der Waals surface area (Å²) in [5, 5.41) is 2.92. The second kappa shape index (κ2) is 8.05. The molecule has 0 aliphatic rings. The third-order valence-corrected chi connectivity index (χ3v) is 4.54. The number of hydrogen-bond acceptors (Lipinski definition) is 5. The van der Waals surface area contributed by atoms with E-state index in [9.17, 15) is 14.4 Å². The lowest BCUT2D eigenvalue weighted by molar-refractivity contribution is -0.122. The van der Waals surface area contributed by atoms with Crippen LogP contribution in [-0.4, -0.2) is 37.4 Å². The highest BCUT2D eigenvalue weighted by Gasteiger charge is 2.18. The van der Waals surface area contributed by atoms with Crippen molar-refractivity contribution in [1.29, 1.82) is 0 Å². The molecule has 1 aromatic carbocycles. The molecule has 9 heteroatoms. The molecule has 0 radical (unpaired) electrons. The number of fused-ring (bicyclic) bond motifs is 1. The van der Waals surface area contributed by atoms with Crippen LogP contribution in [0.5, 0.6) is 0 Å². The van der Waals surface area contributed by atoms with Crippen molar-refractivity contribution in [2.75, 3.05) is 12.0 Å². The first-order valence-corrected chi connectivity index (χ1v) is 9.49. The van der Waals surface area contributed by atoms with Crippen molar-refractivity contribution in [3.05, 3.63) is 63.2 Å². The van der Waals surface area contributed by atoms with Crippen LogP contribution in [0.25, 0.3) is 11.0 Å². The van der Waals surface area contributed by atoms with Crippen molar-refractivity contribution in [1.82, 2.24) is 24.8 Å². The van der Waals surface area contributed by atoms with E-state index in [4.69, 9.17) is 0 Å². The van der Waals surface area contributed by atoms with Gasteiger partial charge in [0.05, 0.1) is 17.1 Å². The lowest BCUT2D eigenvalue weighted by Gasteiger charge is -2.16. The van der Waals surface area contributed by atoms with Crippen LogP contribution >= 0.6 is 11.8 Å². The first-order valence-electron chi connectivity index (χ1n) is 8.09. The minimum Gasteiger partial charge on any atom is -0.345 e. The Morgan fingerprint density at radius 3 is 2.81 bits per heavy atom. The molecule has 2 heterocycles. The summed E-state index contributed by atoms with van der Waals surface area (Å²) in [5.41, 5.74) is 0.634. The molecule has 0 aliphatic carbocycles. The summed E-state index contributed by atoms with van der Waals surface area (Å²) in [6.07, 6.45) is 4.00. The fourth-order valence-corrected chi connectivity index (χ4v) is 3.09. The summed E-state index contributed by atoms with van der Waals surface area (Å²) >= 11 is 1.68. The van der Waals surface area contributed by atoms with Crippen molar-refractivity contribution in [2.24, 2.45) is 0 Å². The van der Waals surface area contributed by atoms with Crippen molar-refractivity contribution < 1.29 is 4.79 Å². The van der Waals surface area contributed by atoms with E-state index < -0.39 is 11.2 Å². The number of aromatic amines is 2. The van der Waals surface area contributed by atoms with E-state index in [0.29, 0.717) is 12.2 Å². The third kappa shape index (κ3) is 4.23. The number of carbonyl (C=O) groups is 1. The second-order valence-corrected chi connectivity index (χ2v) is 6.76. The van der Waals surface area contributed by atoms with Gasteiger partial charge in [0.1, 0.15) is 12.4 Å². The van der Waals surface area contributed by atoms with Crippen LogP contribution in [-0.2, 0) is 11.3 Å². The molecule has 0 aliphatic heterocycles. The largest absolute Gasteiger partial charge is 0.345 e. The molecule has 3 rings (SSSR count). The van der Waals surface area contributed by atoms with Crippen molar-refractivity contribution in [3.63, 3.8) is 0 Å². The maximum atomic E-state index is 12.4. The number of nitrogens with one attached hydrogen (secondary N) is 3. The smallest absolute Gasteiger partial charge is 0.328 e. The first-order chi connectivity index (χ1) is 12.6. The highest BCUT2D eigenvalue weighted by Crippen LogP contribution is 2.20. The van der Waals surface area contributed by atoms with E-state index in [1.165, 1.54) is 12.3 Å². The van der Waals surface area contributed by atoms with E-state index in [-0.39, 0.29) is 18.5 Å². The molecule has 0 fully saturated rings. The van der Waals surface area contributed by atoms with Gasteiger partial charge in [-0.05, 0) is 30.6 Å². The minimum absolute atomic E-state index is 0.175. The van der Waals surface area contributed by atoms with Crippen molar-refractivity contribution >= 4 is 28.7 Å². The second-order valence-electron chi connectivity index (χ2n) is 5.78. The fraction of sp³-hybridized carbons (Fsp3) is 0.294. The molecule has 1 atom stereocenters. The van der Waals surface area contributed by atoms with Gasteiger partial charge in [0.2, 0.25) is 5.91 Å². The molecule has 0 spiro atoms. The summed E-state index contributed by atoms with van der Waals surface area (Å²) in [6.45, 7) is -0.175. The zero-order valence-corrected chi connectivity index (χ0v) is 15.0. The van der Waals surface area contributed by atoms with E-state index in [1.54, 1.807) is 11.8 Å². The topological polar surface area (TPSA) is 113 Å². The lowest BCUT2D eigenvalue weighted by atomic mass is 10.2. The summed E-state index contributed by atoms with van der Waals surface area (Å²) in [5.74, 6) is 1.20. The zero-order chi connectivity index (χ0) is 18.5. The Bertz CT molecular complexity index is 990. The monoisotopic (exact) mass is 373 g/mol. The molecule has 0 saturated heterocycles. The van der Waals surface area contributed by atoms with Gasteiger partial charge in [-0.1, -0.05) is 12.1 Å². The Labute approximate surface area is 153 Å². The van der Waals surface area contributed by atoms with Crippen LogP contribution in [0.3, 0.4) is 0 Å². The predicted molar refractivity (Wildman–Crippen MR) is 101 cm³/mol. The molecule has 3 N–H and O–H groups in total. The maximum absolute atomic E-state index is 12.4. The summed E-state index contributed by atoms with van der Waals surface area (Å²) in [4.78, 5) is 45.2. The highest BCUT2D eigenvalue weighted by atomic mass is 32.2. The van der Waals surface area contributed by atoms with Gasteiger partial charge >= 0.3 is 5.69 Å². The van der Waals surface area contributed by atoms with Crippen LogP contribution < -0.4 is 16.6 Å². The Hall–Kier alpha value is -2.81. The van der Waals surface area contributed by atoms with E-state index >= 15 is 0 Å². The van der Waals surface area contributed by atoms with Gasteiger partial charge < -0.3 is 10.3 Å². The van der Waals surface area contributed by atoms with Crippen LogP contribution in [0.4, 0.5) is 0 Å². The number of nitrogens with zero attached hydrogens (tertiary/aromatic N) is 2. The van der Waals surface area contributed by atoms with Gasteiger partial charge in [0.25, 0.3) is 5.56 Å². The van der Waals surface area contributed by atoms with E-state index in [0.717, 1.165) is 21.4 Å². The number of benzene rings is 1. The molecular weight excluding hydrogens is 354 g/mol. The Balaban J connectivity index is 1.78. The SMILES string of the molecule is CSCC[C@@H](NC(=O)Cn1ccc(=O)[nH]c1=O)c1nc2ccccc2[nH]1. The molecular formula is C17H19N5O3S. The van der Waals surface area contributed by atoms with Crippen molar-refractivity contribution in [2.45, 2.75) is 19.0 Å². The Morgan fingerprint density at radius 2 is 2.08 bits per heavy atom. The van der Waals surface area contributed by atoms with Gasteiger partial charge in [-0.3, -0.25) is 19.1 Å². The molecule has 26 heavy (non-hydrogen) atoms. The number of thioether (sulfide) groups is 1. The summed E-state index contributed by atoms with van der Waals surface area (Å²) in [7, 11) is 0. The molecule has 3 aromatic rings. The number of carbonyl (C=O) groups excluding carboxylic acids is 1. The molecule has 1 amide bonds. The number of imidazole rings is 1. The van der Waals surface area contributed by atoms with Crippen LogP contribution in [0.1, 0.15) is 18.3 Å². The fourth-order valence-electron chi connectivity index (χ4n) is 2.61.